The smallest absolute Gasteiger partial charge is 0.109 e. The monoisotopic (exact) mass is 281 g/mol. The van der Waals surface area contributed by atoms with Crippen LogP contribution in [0.25, 0.3) is 0 Å². The number of nitriles is 1. The molecule has 2 atom stereocenters. The molecule has 0 saturated heterocycles. The Labute approximate surface area is 124 Å². The van der Waals surface area contributed by atoms with Crippen molar-refractivity contribution in [3.8, 4) is 6.07 Å². The van der Waals surface area contributed by atoms with Crippen molar-refractivity contribution >= 4 is 0 Å². The minimum atomic E-state index is -0.270. The SMILES string of the molecule is CCNC1(C#N)CCCC1CCN(CC)CCOCC. The lowest BCUT2D eigenvalue weighted by Gasteiger charge is -2.31. The maximum atomic E-state index is 9.57. The molecule has 4 nitrogen and oxygen atoms in total. The van der Waals surface area contributed by atoms with Crippen molar-refractivity contribution in [1.82, 2.24) is 10.2 Å². The highest BCUT2D eigenvalue weighted by Gasteiger charge is 2.42. The van der Waals surface area contributed by atoms with Crippen LogP contribution in [0, 0.1) is 17.2 Å². The lowest BCUT2D eigenvalue weighted by Crippen LogP contribution is -2.47. The van der Waals surface area contributed by atoms with Gasteiger partial charge in [0.15, 0.2) is 0 Å². The van der Waals surface area contributed by atoms with Gasteiger partial charge in [0.1, 0.15) is 5.54 Å². The zero-order valence-corrected chi connectivity index (χ0v) is 13.5. The van der Waals surface area contributed by atoms with Crippen molar-refractivity contribution in [3.05, 3.63) is 0 Å². The molecule has 1 saturated carbocycles. The molecule has 1 rings (SSSR count). The number of rotatable bonds is 10. The number of likely N-dealkylation sites (N-methyl/N-ethyl adjacent to an activating group) is 1. The maximum Gasteiger partial charge on any atom is 0.109 e. The average molecular weight is 281 g/mol. The van der Waals surface area contributed by atoms with Crippen LogP contribution in [0.1, 0.15) is 46.5 Å². The van der Waals surface area contributed by atoms with E-state index >= 15 is 0 Å². The molecule has 20 heavy (non-hydrogen) atoms. The Morgan fingerprint density at radius 1 is 1.35 bits per heavy atom. The number of hydrogen-bond acceptors (Lipinski definition) is 4. The van der Waals surface area contributed by atoms with E-state index in [9.17, 15) is 5.26 Å². The van der Waals surface area contributed by atoms with Crippen molar-refractivity contribution in [1.29, 1.82) is 5.26 Å². The number of hydrogen-bond donors (Lipinski definition) is 1. The summed E-state index contributed by atoms with van der Waals surface area (Å²) in [6.07, 6.45) is 4.48. The Hall–Kier alpha value is -0.630. The Kier molecular flexibility index (Phi) is 8.13. The minimum Gasteiger partial charge on any atom is -0.380 e. The van der Waals surface area contributed by atoms with Gasteiger partial charge in [-0.05, 0) is 51.7 Å². The molecule has 0 aromatic rings. The molecular formula is C16H31N3O. The number of nitrogens with zero attached hydrogens (tertiary/aromatic N) is 2. The summed E-state index contributed by atoms with van der Waals surface area (Å²) in [6, 6.07) is 2.57. The second-order valence-corrected chi connectivity index (χ2v) is 5.62. The molecule has 0 bridgehead atoms. The van der Waals surface area contributed by atoms with Gasteiger partial charge in [-0.2, -0.15) is 5.26 Å². The standard InChI is InChI=1S/C16H31N3O/c1-4-18-16(14-17)10-7-8-15(16)9-11-19(5-2)12-13-20-6-3/h15,18H,4-13H2,1-3H3. The summed E-state index contributed by atoms with van der Waals surface area (Å²) in [7, 11) is 0. The molecule has 0 aromatic heterocycles. The van der Waals surface area contributed by atoms with Gasteiger partial charge in [-0.25, -0.2) is 0 Å². The van der Waals surface area contributed by atoms with Crippen molar-refractivity contribution in [2.75, 3.05) is 39.4 Å². The van der Waals surface area contributed by atoms with Crippen LogP contribution in [-0.4, -0.2) is 49.8 Å². The van der Waals surface area contributed by atoms with E-state index in [1.807, 2.05) is 6.92 Å². The molecule has 1 aliphatic rings. The summed E-state index contributed by atoms with van der Waals surface area (Å²) in [5.74, 6) is 0.494. The molecule has 1 N–H and O–H groups in total. The Morgan fingerprint density at radius 2 is 2.15 bits per heavy atom. The first-order valence-electron chi connectivity index (χ1n) is 8.18. The van der Waals surface area contributed by atoms with E-state index in [4.69, 9.17) is 4.74 Å². The summed E-state index contributed by atoms with van der Waals surface area (Å²) in [5, 5.41) is 13.0. The maximum absolute atomic E-state index is 9.57. The first-order valence-corrected chi connectivity index (χ1v) is 8.18. The topological polar surface area (TPSA) is 48.3 Å². The molecule has 1 aliphatic carbocycles. The summed E-state index contributed by atoms with van der Waals surface area (Å²) in [6.45, 7) is 11.9. The summed E-state index contributed by atoms with van der Waals surface area (Å²) < 4.78 is 5.43. The van der Waals surface area contributed by atoms with Crippen molar-refractivity contribution in [3.63, 3.8) is 0 Å². The molecule has 0 heterocycles. The quantitative estimate of drug-likeness (QED) is 0.625. The normalized spacial score (nSPS) is 26.1. The van der Waals surface area contributed by atoms with Crippen LogP contribution in [0.15, 0.2) is 0 Å². The van der Waals surface area contributed by atoms with Crippen molar-refractivity contribution in [2.24, 2.45) is 5.92 Å². The van der Waals surface area contributed by atoms with E-state index in [1.54, 1.807) is 0 Å². The van der Waals surface area contributed by atoms with Crippen LogP contribution in [0.5, 0.6) is 0 Å². The van der Waals surface area contributed by atoms with Crippen LogP contribution in [-0.2, 0) is 4.74 Å². The predicted molar refractivity (Wildman–Crippen MR) is 82.6 cm³/mol. The third-order valence-corrected chi connectivity index (χ3v) is 4.51. The minimum absolute atomic E-state index is 0.270. The van der Waals surface area contributed by atoms with Crippen LogP contribution in [0.2, 0.25) is 0 Å². The first kappa shape index (κ1) is 17.4. The van der Waals surface area contributed by atoms with Gasteiger partial charge in [0, 0.05) is 13.2 Å². The zero-order valence-electron chi connectivity index (χ0n) is 13.5. The molecule has 0 radical (unpaired) electrons. The third-order valence-electron chi connectivity index (χ3n) is 4.51. The van der Waals surface area contributed by atoms with Crippen LogP contribution in [0.4, 0.5) is 0 Å². The van der Waals surface area contributed by atoms with Crippen molar-refractivity contribution in [2.45, 2.75) is 52.0 Å². The number of ether oxygens (including phenoxy) is 1. The highest BCUT2D eigenvalue weighted by Crippen LogP contribution is 2.37. The van der Waals surface area contributed by atoms with E-state index in [0.29, 0.717) is 5.92 Å². The second kappa shape index (κ2) is 9.33. The van der Waals surface area contributed by atoms with Gasteiger partial charge in [0.25, 0.3) is 0 Å². The predicted octanol–water partition coefficient (Wildman–Crippen LogP) is 2.41. The summed E-state index contributed by atoms with van der Waals surface area (Å²) in [5.41, 5.74) is -0.270. The van der Waals surface area contributed by atoms with E-state index in [0.717, 1.165) is 52.2 Å². The Morgan fingerprint density at radius 3 is 2.75 bits per heavy atom. The fraction of sp³-hybridized carbons (Fsp3) is 0.938. The van der Waals surface area contributed by atoms with Gasteiger partial charge in [-0.3, -0.25) is 5.32 Å². The van der Waals surface area contributed by atoms with E-state index in [-0.39, 0.29) is 5.54 Å². The molecule has 0 aromatic carbocycles. The van der Waals surface area contributed by atoms with Gasteiger partial charge >= 0.3 is 0 Å². The fourth-order valence-electron chi connectivity index (χ4n) is 3.31. The van der Waals surface area contributed by atoms with Gasteiger partial charge < -0.3 is 9.64 Å². The largest absolute Gasteiger partial charge is 0.380 e. The van der Waals surface area contributed by atoms with Crippen LogP contribution in [0.3, 0.4) is 0 Å². The van der Waals surface area contributed by atoms with Gasteiger partial charge in [0.2, 0.25) is 0 Å². The van der Waals surface area contributed by atoms with E-state index in [2.05, 4.69) is 30.1 Å². The molecular weight excluding hydrogens is 250 g/mol. The van der Waals surface area contributed by atoms with Crippen molar-refractivity contribution < 1.29 is 4.74 Å². The average Bonchev–Trinajstić information content (AvgIpc) is 2.86. The summed E-state index contributed by atoms with van der Waals surface area (Å²) in [4.78, 5) is 2.43. The molecule has 4 heteroatoms. The zero-order chi connectivity index (χ0) is 14.8. The first-order chi connectivity index (χ1) is 9.72. The molecule has 0 spiro atoms. The van der Waals surface area contributed by atoms with E-state index in [1.165, 1.54) is 12.8 Å². The summed E-state index contributed by atoms with van der Waals surface area (Å²) >= 11 is 0. The third kappa shape index (κ3) is 4.73. The lowest BCUT2D eigenvalue weighted by molar-refractivity contribution is 0.111. The highest BCUT2D eigenvalue weighted by atomic mass is 16.5. The van der Waals surface area contributed by atoms with E-state index < -0.39 is 0 Å². The van der Waals surface area contributed by atoms with Gasteiger partial charge in [-0.15, -0.1) is 0 Å². The molecule has 0 amide bonds. The second-order valence-electron chi connectivity index (χ2n) is 5.62. The van der Waals surface area contributed by atoms with Gasteiger partial charge in [0.05, 0.1) is 12.7 Å². The molecule has 116 valence electrons. The van der Waals surface area contributed by atoms with Crippen LogP contribution >= 0.6 is 0 Å². The number of nitrogens with one attached hydrogen (secondary N) is 1. The Bertz CT molecular complexity index is 303. The molecule has 0 aliphatic heterocycles. The van der Waals surface area contributed by atoms with Gasteiger partial charge in [-0.1, -0.05) is 20.3 Å². The Balaban J connectivity index is 2.43. The van der Waals surface area contributed by atoms with Crippen LogP contribution < -0.4 is 5.32 Å². The highest BCUT2D eigenvalue weighted by molar-refractivity contribution is 5.14. The molecule has 2 unspecified atom stereocenters. The molecule has 1 fully saturated rings. The lowest BCUT2D eigenvalue weighted by atomic mass is 9.85. The fourth-order valence-corrected chi connectivity index (χ4v) is 3.31.